The molecule has 1 aromatic heterocycles. The number of halogens is 1. The van der Waals surface area contributed by atoms with Gasteiger partial charge < -0.3 is 0 Å². The number of aromatic nitrogens is 2. The van der Waals surface area contributed by atoms with Gasteiger partial charge in [-0.15, -0.1) is 0 Å². The van der Waals surface area contributed by atoms with Gasteiger partial charge in [-0.2, -0.15) is 5.10 Å². The van der Waals surface area contributed by atoms with Crippen molar-refractivity contribution in [2.45, 2.75) is 25.9 Å². The lowest BCUT2D eigenvalue weighted by Crippen LogP contribution is -2.34. The number of piperidine rings is 1. The minimum atomic E-state index is -0.160. The first-order chi connectivity index (χ1) is 9.79. The molecule has 2 heterocycles. The fraction of sp³-hybridized carbons (Fsp3) is 0.438. The SMILES string of the molecule is Fc1ccc(CN2CCC(Cn3cccn3)CC2)cc1. The molecule has 20 heavy (non-hydrogen) atoms. The molecule has 3 nitrogen and oxygen atoms in total. The summed E-state index contributed by atoms with van der Waals surface area (Å²) in [6, 6.07) is 8.82. The number of nitrogens with zero attached hydrogens (tertiary/aromatic N) is 3. The molecule has 0 aliphatic carbocycles. The Morgan fingerprint density at radius 1 is 1.15 bits per heavy atom. The monoisotopic (exact) mass is 273 g/mol. The van der Waals surface area contributed by atoms with Crippen LogP contribution in [0.4, 0.5) is 4.39 Å². The van der Waals surface area contributed by atoms with Gasteiger partial charge in [0, 0.05) is 25.5 Å². The second-order valence-electron chi connectivity index (χ2n) is 5.57. The van der Waals surface area contributed by atoms with Crippen LogP contribution in [0.25, 0.3) is 0 Å². The maximum absolute atomic E-state index is 12.9. The highest BCUT2D eigenvalue weighted by molar-refractivity contribution is 5.15. The molecule has 0 N–H and O–H groups in total. The zero-order valence-corrected chi connectivity index (χ0v) is 11.6. The van der Waals surface area contributed by atoms with Crippen LogP contribution in [0.15, 0.2) is 42.7 Å². The molecule has 4 heteroatoms. The third-order valence-electron chi connectivity index (χ3n) is 4.03. The summed E-state index contributed by atoms with van der Waals surface area (Å²) in [6.45, 7) is 4.18. The van der Waals surface area contributed by atoms with Crippen molar-refractivity contribution in [3.8, 4) is 0 Å². The van der Waals surface area contributed by atoms with Gasteiger partial charge >= 0.3 is 0 Å². The van der Waals surface area contributed by atoms with Crippen LogP contribution >= 0.6 is 0 Å². The molecule has 0 saturated carbocycles. The molecule has 1 aromatic carbocycles. The highest BCUT2D eigenvalue weighted by Gasteiger charge is 2.19. The summed E-state index contributed by atoms with van der Waals surface area (Å²) < 4.78 is 14.9. The van der Waals surface area contributed by atoms with Crippen molar-refractivity contribution in [2.24, 2.45) is 5.92 Å². The summed E-state index contributed by atoms with van der Waals surface area (Å²) in [5, 5.41) is 4.27. The van der Waals surface area contributed by atoms with E-state index in [0.717, 1.165) is 32.1 Å². The summed E-state index contributed by atoms with van der Waals surface area (Å²) in [6.07, 6.45) is 6.29. The second-order valence-corrected chi connectivity index (χ2v) is 5.57. The van der Waals surface area contributed by atoms with Crippen molar-refractivity contribution in [3.05, 3.63) is 54.1 Å². The number of benzene rings is 1. The molecule has 0 amide bonds. The van der Waals surface area contributed by atoms with Crippen molar-refractivity contribution in [2.75, 3.05) is 13.1 Å². The van der Waals surface area contributed by atoms with Crippen molar-refractivity contribution >= 4 is 0 Å². The van der Waals surface area contributed by atoms with Gasteiger partial charge in [-0.25, -0.2) is 4.39 Å². The van der Waals surface area contributed by atoms with Crippen LogP contribution < -0.4 is 0 Å². The van der Waals surface area contributed by atoms with E-state index in [-0.39, 0.29) is 5.82 Å². The van der Waals surface area contributed by atoms with E-state index in [1.165, 1.54) is 18.4 Å². The van der Waals surface area contributed by atoms with Crippen LogP contribution in [0.2, 0.25) is 0 Å². The Hall–Kier alpha value is -1.68. The van der Waals surface area contributed by atoms with Crippen LogP contribution in [-0.4, -0.2) is 27.8 Å². The van der Waals surface area contributed by atoms with E-state index < -0.39 is 0 Å². The average Bonchev–Trinajstić information content (AvgIpc) is 2.96. The van der Waals surface area contributed by atoms with Gasteiger partial charge in [0.05, 0.1) is 0 Å². The Labute approximate surface area is 119 Å². The highest BCUT2D eigenvalue weighted by Crippen LogP contribution is 2.20. The summed E-state index contributed by atoms with van der Waals surface area (Å²) >= 11 is 0. The average molecular weight is 273 g/mol. The van der Waals surface area contributed by atoms with Gasteiger partial charge in [0.25, 0.3) is 0 Å². The molecule has 0 atom stereocenters. The molecule has 1 aliphatic heterocycles. The lowest BCUT2D eigenvalue weighted by molar-refractivity contribution is 0.164. The van der Waals surface area contributed by atoms with Gasteiger partial charge in [-0.05, 0) is 55.6 Å². The molecule has 1 aliphatic rings. The largest absolute Gasteiger partial charge is 0.299 e. The smallest absolute Gasteiger partial charge is 0.123 e. The van der Waals surface area contributed by atoms with Crippen molar-refractivity contribution < 1.29 is 4.39 Å². The predicted octanol–water partition coefficient (Wildman–Crippen LogP) is 2.93. The van der Waals surface area contributed by atoms with E-state index in [2.05, 4.69) is 10.00 Å². The van der Waals surface area contributed by atoms with Crippen molar-refractivity contribution in [1.29, 1.82) is 0 Å². The normalized spacial score (nSPS) is 17.4. The minimum Gasteiger partial charge on any atom is -0.299 e. The van der Waals surface area contributed by atoms with Gasteiger partial charge in [-0.1, -0.05) is 12.1 Å². The first kappa shape index (κ1) is 13.3. The van der Waals surface area contributed by atoms with E-state index in [1.54, 1.807) is 12.1 Å². The lowest BCUT2D eigenvalue weighted by Gasteiger charge is -2.31. The Bertz CT molecular complexity index is 513. The van der Waals surface area contributed by atoms with Crippen molar-refractivity contribution in [3.63, 3.8) is 0 Å². The summed E-state index contributed by atoms with van der Waals surface area (Å²) in [7, 11) is 0. The fourth-order valence-corrected chi connectivity index (χ4v) is 2.85. The molecule has 2 aromatic rings. The number of likely N-dealkylation sites (tertiary alicyclic amines) is 1. The summed E-state index contributed by atoms with van der Waals surface area (Å²) in [5.74, 6) is 0.561. The van der Waals surface area contributed by atoms with E-state index in [4.69, 9.17) is 0 Å². The van der Waals surface area contributed by atoms with Crippen LogP contribution in [-0.2, 0) is 13.1 Å². The predicted molar refractivity (Wildman–Crippen MR) is 76.6 cm³/mol. The molecular weight excluding hydrogens is 253 g/mol. The third-order valence-corrected chi connectivity index (χ3v) is 4.03. The maximum atomic E-state index is 12.9. The van der Waals surface area contributed by atoms with Gasteiger partial charge in [0.15, 0.2) is 0 Å². The Morgan fingerprint density at radius 2 is 1.90 bits per heavy atom. The number of hydrogen-bond acceptors (Lipinski definition) is 2. The van der Waals surface area contributed by atoms with Gasteiger partial charge in [0.1, 0.15) is 5.82 Å². The van der Waals surface area contributed by atoms with Crippen molar-refractivity contribution in [1.82, 2.24) is 14.7 Å². The summed E-state index contributed by atoms with van der Waals surface area (Å²) in [5.41, 5.74) is 1.19. The standard InChI is InChI=1S/C16H20FN3/c17-16-4-2-14(3-5-16)12-19-10-6-15(7-11-19)13-20-9-1-8-18-20/h1-5,8-9,15H,6-7,10-13H2. The zero-order chi connectivity index (χ0) is 13.8. The topological polar surface area (TPSA) is 21.1 Å². The third kappa shape index (κ3) is 3.45. The fourth-order valence-electron chi connectivity index (χ4n) is 2.85. The van der Waals surface area contributed by atoms with E-state index >= 15 is 0 Å². The van der Waals surface area contributed by atoms with Gasteiger partial charge in [-0.3, -0.25) is 9.58 Å². The quantitative estimate of drug-likeness (QED) is 0.854. The molecule has 106 valence electrons. The Balaban J connectivity index is 1.47. The number of hydrogen-bond donors (Lipinski definition) is 0. The molecule has 0 bridgehead atoms. The Kier molecular flexibility index (Phi) is 4.11. The van der Waals surface area contributed by atoms with E-state index in [1.807, 2.05) is 35.3 Å². The molecule has 1 fully saturated rings. The first-order valence-electron chi connectivity index (χ1n) is 7.24. The molecule has 1 saturated heterocycles. The molecule has 0 unspecified atom stereocenters. The van der Waals surface area contributed by atoms with Crippen LogP contribution in [0.5, 0.6) is 0 Å². The highest BCUT2D eigenvalue weighted by atomic mass is 19.1. The lowest BCUT2D eigenvalue weighted by atomic mass is 9.96. The zero-order valence-electron chi connectivity index (χ0n) is 11.6. The van der Waals surface area contributed by atoms with E-state index in [9.17, 15) is 4.39 Å². The van der Waals surface area contributed by atoms with Crippen LogP contribution in [0, 0.1) is 11.7 Å². The molecule has 0 radical (unpaired) electrons. The summed E-state index contributed by atoms with van der Waals surface area (Å²) in [4.78, 5) is 2.45. The Morgan fingerprint density at radius 3 is 2.55 bits per heavy atom. The van der Waals surface area contributed by atoms with Crippen LogP contribution in [0.3, 0.4) is 0 Å². The minimum absolute atomic E-state index is 0.160. The van der Waals surface area contributed by atoms with E-state index in [0.29, 0.717) is 0 Å². The number of rotatable bonds is 4. The molecule has 0 spiro atoms. The first-order valence-corrected chi connectivity index (χ1v) is 7.24. The second kappa shape index (κ2) is 6.18. The molecule has 3 rings (SSSR count). The molecular formula is C16H20FN3. The van der Waals surface area contributed by atoms with Gasteiger partial charge in [0.2, 0.25) is 0 Å². The van der Waals surface area contributed by atoms with Crippen LogP contribution in [0.1, 0.15) is 18.4 Å². The maximum Gasteiger partial charge on any atom is 0.123 e.